The van der Waals surface area contributed by atoms with E-state index >= 15 is 0 Å². The summed E-state index contributed by atoms with van der Waals surface area (Å²) in [5.41, 5.74) is 1.83. The van der Waals surface area contributed by atoms with E-state index in [0.717, 1.165) is 11.1 Å². The number of halogens is 1. The summed E-state index contributed by atoms with van der Waals surface area (Å²) in [6.07, 6.45) is 0. The minimum Gasteiger partial charge on any atom is -0.493 e. The van der Waals surface area contributed by atoms with Gasteiger partial charge in [-0.1, -0.05) is 30.3 Å². The third-order valence-corrected chi connectivity index (χ3v) is 3.46. The van der Waals surface area contributed by atoms with Crippen LogP contribution in [0.5, 0.6) is 11.5 Å². The van der Waals surface area contributed by atoms with Gasteiger partial charge in [0.05, 0.1) is 24.8 Å². The normalized spacial score (nSPS) is 10.4. The van der Waals surface area contributed by atoms with Crippen molar-refractivity contribution >= 4 is 15.9 Å². The summed E-state index contributed by atoms with van der Waals surface area (Å²) in [6.45, 7) is 0.539. The van der Waals surface area contributed by atoms with E-state index in [4.69, 9.17) is 14.2 Å². The van der Waals surface area contributed by atoms with Gasteiger partial charge in [0.15, 0.2) is 18.3 Å². The van der Waals surface area contributed by atoms with Crippen molar-refractivity contribution in [3.8, 4) is 11.5 Å². The summed E-state index contributed by atoms with van der Waals surface area (Å²) in [7, 11) is 1.56. The van der Waals surface area contributed by atoms with E-state index < -0.39 is 0 Å². The van der Waals surface area contributed by atoms with Crippen LogP contribution in [0.1, 0.15) is 11.1 Å². The first-order chi connectivity index (χ1) is 10.2. The number of ether oxygens (including phenoxy) is 3. The molecule has 2 aromatic carbocycles. The van der Waals surface area contributed by atoms with Crippen LogP contribution in [0.3, 0.4) is 0 Å². The molecule has 0 radical (unpaired) electrons. The summed E-state index contributed by atoms with van der Waals surface area (Å²) >= 11 is 3.40. The first-order valence-electron chi connectivity index (χ1n) is 6.46. The summed E-state index contributed by atoms with van der Waals surface area (Å²) in [4.78, 5) is 0. The average Bonchev–Trinajstić information content (AvgIpc) is 2.53. The maximum atomic E-state index is 9.17. The van der Waals surface area contributed by atoms with Crippen LogP contribution in [-0.2, 0) is 18.0 Å². The zero-order valence-corrected chi connectivity index (χ0v) is 13.3. The molecular weight excluding hydrogens is 336 g/mol. The maximum Gasteiger partial charge on any atom is 0.189 e. The highest BCUT2D eigenvalue weighted by Gasteiger charge is 2.11. The molecule has 2 rings (SSSR count). The predicted molar refractivity (Wildman–Crippen MR) is 83.3 cm³/mol. The zero-order chi connectivity index (χ0) is 15.1. The summed E-state index contributed by atoms with van der Waals surface area (Å²) in [5, 5.41) is 9.17. The first kappa shape index (κ1) is 15.8. The van der Waals surface area contributed by atoms with Crippen LogP contribution in [0.15, 0.2) is 46.9 Å². The molecule has 0 atom stereocenters. The number of rotatable bonds is 7. The van der Waals surface area contributed by atoms with Gasteiger partial charge in [-0.2, -0.15) is 0 Å². The van der Waals surface area contributed by atoms with Crippen LogP contribution >= 0.6 is 15.9 Å². The molecule has 0 aromatic heterocycles. The standard InChI is InChI=1S/C16H17BrO4/c1-19-15-8-13(9-18)7-14(17)16(15)21-11-20-10-12-5-3-2-4-6-12/h2-8,18H,9-11H2,1H3. The van der Waals surface area contributed by atoms with Gasteiger partial charge in [-0.15, -0.1) is 0 Å². The Morgan fingerprint density at radius 2 is 1.86 bits per heavy atom. The van der Waals surface area contributed by atoms with E-state index in [9.17, 15) is 5.11 Å². The fourth-order valence-corrected chi connectivity index (χ4v) is 2.44. The summed E-state index contributed by atoms with van der Waals surface area (Å²) < 4.78 is 17.1. The third kappa shape index (κ3) is 4.46. The maximum absolute atomic E-state index is 9.17. The van der Waals surface area contributed by atoms with Gasteiger partial charge in [0, 0.05) is 0 Å². The van der Waals surface area contributed by atoms with Crippen LogP contribution in [0.2, 0.25) is 0 Å². The fraction of sp³-hybridized carbons (Fsp3) is 0.250. The Morgan fingerprint density at radius 1 is 1.10 bits per heavy atom. The van der Waals surface area contributed by atoms with Crippen molar-refractivity contribution in [1.29, 1.82) is 0 Å². The molecule has 112 valence electrons. The lowest BCUT2D eigenvalue weighted by molar-refractivity contribution is 0.00330. The molecule has 0 bridgehead atoms. The molecule has 0 saturated carbocycles. The van der Waals surface area contributed by atoms with E-state index in [-0.39, 0.29) is 13.4 Å². The molecule has 0 aliphatic carbocycles. The van der Waals surface area contributed by atoms with Crippen LogP contribution in [-0.4, -0.2) is 19.0 Å². The van der Waals surface area contributed by atoms with Crippen LogP contribution < -0.4 is 9.47 Å². The van der Waals surface area contributed by atoms with Gasteiger partial charge in [-0.25, -0.2) is 0 Å². The minimum absolute atomic E-state index is 0.0558. The van der Waals surface area contributed by atoms with Crippen molar-refractivity contribution in [3.05, 3.63) is 58.1 Å². The van der Waals surface area contributed by atoms with E-state index in [0.29, 0.717) is 22.6 Å². The molecule has 0 saturated heterocycles. The lowest BCUT2D eigenvalue weighted by Gasteiger charge is -2.14. The number of hydrogen-bond donors (Lipinski definition) is 1. The van der Waals surface area contributed by atoms with Crippen molar-refractivity contribution in [2.45, 2.75) is 13.2 Å². The molecule has 0 unspecified atom stereocenters. The molecule has 0 amide bonds. The van der Waals surface area contributed by atoms with Crippen molar-refractivity contribution in [2.24, 2.45) is 0 Å². The number of methoxy groups -OCH3 is 1. The molecule has 5 heteroatoms. The van der Waals surface area contributed by atoms with Crippen LogP contribution in [0.25, 0.3) is 0 Å². The first-order valence-corrected chi connectivity index (χ1v) is 7.25. The molecule has 0 aliphatic rings. The van der Waals surface area contributed by atoms with Crippen molar-refractivity contribution in [3.63, 3.8) is 0 Å². The Morgan fingerprint density at radius 3 is 2.52 bits per heavy atom. The largest absolute Gasteiger partial charge is 0.493 e. The van der Waals surface area contributed by atoms with Crippen molar-refractivity contribution in [2.75, 3.05) is 13.9 Å². The Hall–Kier alpha value is -1.56. The molecule has 21 heavy (non-hydrogen) atoms. The predicted octanol–water partition coefficient (Wildman–Crippen LogP) is 3.50. The Balaban J connectivity index is 1.93. The lowest BCUT2D eigenvalue weighted by Crippen LogP contribution is -2.05. The van der Waals surface area contributed by atoms with Gasteiger partial charge in [0.2, 0.25) is 0 Å². The second-order valence-corrected chi connectivity index (χ2v) is 5.22. The zero-order valence-electron chi connectivity index (χ0n) is 11.7. The Kier molecular flexibility index (Phi) is 6.04. The van der Waals surface area contributed by atoms with E-state index in [1.54, 1.807) is 19.2 Å². The molecular formula is C16H17BrO4. The molecule has 0 heterocycles. The molecule has 1 N–H and O–H groups in total. The average molecular weight is 353 g/mol. The fourth-order valence-electron chi connectivity index (χ4n) is 1.84. The number of aliphatic hydroxyl groups is 1. The molecule has 4 nitrogen and oxygen atoms in total. The highest BCUT2D eigenvalue weighted by atomic mass is 79.9. The van der Waals surface area contributed by atoms with Crippen molar-refractivity contribution in [1.82, 2.24) is 0 Å². The molecule has 0 fully saturated rings. The van der Waals surface area contributed by atoms with Gasteiger partial charge in [-0.05, 0) is 39.2 Å². The highest BCUT2D eigenvalue weighted by molar-refractivity contribution is 9.10. The number of aliphatic hydroxyl groups excluding tert-OH is 1. The quantitative estimate of drug-likeness (QED) is 0.611. The molecule has 0 aliphatic heterocycles. The van der Waals surface area contributed by atoms with Gasteiger partial charge >= 0.3 is 0 Å². The topological polar surface area (TPSA) is 47.9 Å². The smallest absolute Gasteiger partial charge is 0.189 e. The SMILES string of the molecule is COc1cc(CO)cc(Br)c1OCOCc1ccccc1. The van der Waals surface area contributed by atoms with Crippen LogP contribution in [0.4, 0.5) is 0 Å². The number of benzene rings is 2. The Labute approximate surface area is 132 Å². The highest BCUT2D eigenvalue weighted by Crippen LogP contribution is 2.36. The minimum atomic E-state index is -0.0558. The van der Waals surface area contributed by atoms with Crippen molar-refractivity contribution < 1.29 is 19.3 Å². The van der Waals surface area contributed by atoms with Crippen LogP contribution in [0, 0.1) is 0 Å². The number of hydrogen-bond acceptors (Lipinski definition) is 4. The van der Waals surface area contributed by atoms with E-state index in [1.807, 2.05) is 30.3 Å². The van der Waals surface area contributed by atoms with Gasteiger partial charge < -0.3 is 19.3 Å². The van der Waals surface area contributed by atoms with Gasteiger partial charge in [0.25, 0.3) is 0 Å². The lowest BCUT2D eigenvalue weighted by atomic mass is 10.2. The summed E-state index contributed by atoms with van der Waals surface area (Å²) in [6, 6.07) is 13.4. The second-order valence-electron chi connectivity index (χ2n) is 4.36. The molecule has 2 aromatic rings. The van der Waals surface area contributed by atoms with E-state index in [2.05, 4.69) is 15.9 Å². The molecule has 0 spiro atoms. The Bertz CT molecular complexity index is 572. The third-order valence-electron chi connectivity index (χ3n) is 2.87. The van der Waals surface area contributed by atoms with E-state index in [1.165, 1.54) is 0 Å². The van der Waals surface area contributed by atoms with Gasteiger partial charge in [0.1, 0.15) is 0 Å². The second kappa shape index (κ2) is 8.02. The van der Waals surface area contributed by atoms with Gasteiger partial charge in [-0.3, -0.25) is 0 Å². The summed E-state index contributed by atoms with van der Waals surface area (Å²) in [5.74, 6) is 1.11. The monoisotopic (exact) mass is 352 g/mol.